The highest BCUT2D eigenvalue weighted by Crippen LogP contribution is 2.20. The number of hydrogen-bond acceptors (Lipinski definition) is 4. The van der Waals surface area contributed by atoms with Crippen molar-refractivity contribution < 1.29 is 4.79 Å². The number of hydrogen-bond donors (Lipinski definition) is 1. The lowest BCUT2D eigenvalue weighted by atomic mass is 10.1. The predicted octanol–water partition coefficient (Wildman–Crippen LogP) is 2.19. The van der Waals surface area contributed by atoms with Crippen LogP contribution in [0.2, 0.25) is 5.02 Å². The number of rotatable bonds is 5. The summed E-state index contributed by atoms with van der Waals surface area (Å²) in [6.07, 6.45) is 0.411. The Morgan fingerprint density at radius 3 is 2.37 bits per heavy atom. The molecular weight excluding hydrogens is 264 g/mol. The van der Waals surface area contributed by atoms with Crippen LogP contribution < -0.4 is 5.73 Å². The van der Waals surface area contributed by atoms with Gasteiger partial charge in [0.2, 0.25) is 0 Å². The molecular formula is C13H13ClN4O. The fraction of sp³-hybridized carbons (Fsp3) is 0.308. The molecule has 0 radical (unpaired) electrons. The van der Waals surface area contributed by atoms with Crippen LogP contribution in [-0.2, 0) is 0 Å². The van der Waals surface area contributed by atoms with E-state index in [1.54, 1.807) is 12.1 Å². The molecule has 0 heterocycles. The number of nitrogens with two attached hydrogens (primary N) is 1. The van der Waals surface area contributed by atoms with Crippen LogP contribution in [0.5, 0.6) is 0 Å². The Hall–Kier alpha value is -2.24. The van der Waals surface area contributed by atoms with Crippen molar-refractivity contribution >= 4 is 23.2 Å². The molecule has 0 aliphatic rings. The van der Waals surface area contributed by atoms with Crippen molar-refractivity contribution in [3.8, 4) is 12.1 Å². The Balaban J connectivity index is 2.94. The number of nitriles is 2. The van der Waals surface area contributed by atoms with Gasteiger partial charge in [0.05, 0.1) is 35.6 Å². The van der Waals surface area contributed by atoms with Gasteiger partial charge >= 0.3 is 0 Å². The number of nitrogens with zero attached hydrogens (tertiary/aromatic N) is 3. The average molecular weight is 277 g/mol. The average Bonchev–Trinajstić information content (AvgIpc) is 2.41. The molecule has 1 aromatic carbocycles. The molecule has 6 heteroatoms. The molecule has 0 aliphatic carbocycles. The van der Waals surface area contributed by atoms with Crippen LogP contribution >= 0.6 is 11.6 Å². The first-order valence-electron chi connectivity index (χ1n) is 5.68. The van der Waals surface area contributed by atoms with Gasteiger partial charge in [0, 0.05) is 18.8 Å². The van der Waals surface area contributed by atoms with E-state index in [1.165, 1.54) is 11.0 Å². The Morgan fingerprint density at radius 2 is 1.84 bits per heavy atom. The van der Waals surface area contributed by atoms with E-state index in [2.05, 4.69) is 0 Å². The molecule has 0 bridgehead atoms. The summed E-state index contributed by atoms with van der Waals surface area (Å²) in [6, 6.07) is 8.60. The van der Waals surface area contributed by atoms with Crippen LogP contribution in [0, 0.1) is 22.7 Å². The molecule has 2 N–H and O–H groups in total. The molecule has 0 aromatic heterocycles. The van der Waals surface area contributed by atoms with Crippen LogP contribution in [-0.4, -0.2) is 23.9 Å². The predicted molar refractivity (Wildman–Crippen MR) is 72.2 cm³/mol. The quantitative estimate of drug-likeness (QED) is 0.834. The van der Waals surface area contributed by atoms with Crippen LogP contribution in [0.1, 0.15) is 23.2 Å². The van der Waals surface area contributed by atoms with E-state index >= 15 is 0 Å². The zero-order valence-corrected chi connectivity index (χ0v) is 11.0. The summed E-state index contributed by atoms with van der Waals surface area (Å²) >= 11 is 5.97. The Bertz CT molecular complexity index is 527. The molecule has 1 amide bonds. The molecule has 0 aliphatic heterocycles. The van der Waals surface area contributed by atoms with Crippen molar-refractivity contribution in [2.75, 3.05) is 18.8 Å². The van der Waals surface area contributed by atoms with Gasteiger partial charge in [-0.15, -0.1) is 0 Å². The maximum Gasteiger partial charge on any atom is 0.255 e. The fourth-order valence-electron chi connectivity index (χ4n) is 1.56. The lowest BCUT2D eigenvalue weighted by Gasteiger charge is -2.21. The molecule has 0 fully saturated rings. The highest BCUT2D eigenvalue weighted by atomic mass is 35.5. The molecule has 1 aromatic rings. The van der Waals surface area contributed by atoms with E-state index in [-0.39, 0.29) is 37.4 Å². The number of carbonyl (C=O) groups excluding carboxylic acids is 1. The molecule has 0 atom stereocenters. The molecule has 98 valence electrons. The van der Waals surface area contributed by atoms with Gasteiger partial charge in [-0.1, -0.05) is 11.6 Å². The Labute approximate surface area is 116 Å². The molecule has 0 spiro atoms. The summed E-state index contributed by atoms with van der Waals surface area (Å²) in [5.74, 6) is -0.317. The van der Waals surface area contributed by atoms with Gasteiger partial charge in [-0.2, -0.15) is 10.5 Å². The van der Waals surface area contributed by atoms with Gasteiger partial charge in [-0.05, 0) is 18.2 Å². The summed E-state index contributed by atoms with van der Waals surface area (Å²) in [5.41, 5.74) is 6.36. The van der Waals surface area contributed by atoms with Crippen molar-refractivity contribution in [2.45, 2.75) is 12.8 Å². The van der Waals surface area contributed by atoms with Gasteiger partial charge in [-0.25, -0.2) is 0 Å². The highest BCUT2D eigenvalue weighted by Gasteiger charge is 2.18. The van der Waals surface area contributed by atoms with Crippen molar-refractivity contribution in [3.05, 3.63) is 28.8 Å². The number of anilines is 1. The van der Waals surface area contributed by atoms with Crippen molar-refractivity contribution in [2.24, 2.45) is 0 Å². The minimum absolute atomic E-state index is 0.205. The normalized spacial score (nSPS) is 9.42. The minimum atomic E-state index is -0.317. The SMILES string of the molecule is N#CCCN(CCC#N)C(=O)c1cc(N)ccc1Cl. The first-order chi connectivity index (χ1) is 9.10. The number of nitrogen functional groups attached to an aromatic ring is 1. The van der Waals surface area contributed by atoms with E-state index in [0.717, 1.165) is 0 Å². The van der Waals surface area contributed by atoms with Gasteiger partial charge in [0.15, 0.2) is 0 Å². The summed E-state index contributed by atoms with van der Waals surface area (Å²) in [5, 5.41) is 17.5. The Kier molecular flexibility index (Phi) is 5.66. The van der Waals surface area contributed by atoms with Crippen LogP contribution in [0.4, 0.5) is 5.69 Å². The van der Waals surface area contributed by atoms with Gasteiger partial charge in [-0.3, -0.25) is 4.79 Å². The third-order valence-corrected chi connectivity index (χ3v) is 2.82. The minimum Gasteiger partial charge on any atom is -0.399 e. The van der Waals surface area contributed by atoms with Gasteiger partial charge in [0.25, 0.3) is 5.91 Å². The molecule has 0 unspecified atom stereocenters. The maximum atomic E-state index is 12.3. The largest absolute Gasteiger partial charge is 0.399 e. The zero-order valence-electron chi connectivity index (χ0n) is 10.3. The lowest BCUT2D eigenvalue weighted by Crippen LogP contribution is -2.33. The smallest absolute Gasteiger partial charge is 0.255 e. The molecule has 0 saturated carbocycles. The first-order valence-corrected chi connectivity index (χ1v) is 6.06. The number of halogens is 1. The second-order valence-electron chi connectivity index (χ2n) is 3.85. The highest BCUT2D eigenvalue weighted by molar-refractivity contribution is 6.34. The topological polar surface area (TPSA) is 93.9 Å². The van der Waals surface area contributed by atoms with Crippen LogP contribution in [0.15, 0.2) is 18.2 Å². The first kappa shape index (κ1) is 14.8. The maximum absolute atomic E-state index is 12.3. The second-order valence-corrected chi connectivity index (χ2v) is 4.25. The number of amides is 1. The third-order valence-electron chi connectivity index (χ3n) is 2.50. The fourth-order valence-corrected chi connectivity index (χ4v) is 1.76. The van der Waals surface area contributed by atoms with Gasteiger partial charge < -0.3 is 10.6 Å². The summed E-state index contributed by atoms with van der Waals surface area (Å²) in [7, 11) is 0. The standard InChI is InChI=1S/C13H13ClN4O/c14-12-4-3-10(17)9-11(12)13(19)18(7-1-5-15)8-2-6-16/h3-4,9H,1-2,7-8,17H2. The van der Waals surface area contributed by atoms with Crippen molar-refractivity contribution in [1.29, 1.82) is 10.5 Å². The molecule has 5 nitrogen and oxygen atoms in total. The number of carbonyl (C=O) groups is 1. The molecule has 1 rings (SSSR count). The number of benzene rings is 1. The second kappa shape index (κ2) is 7.25. The van der Waals surface area contributed by atoms with E-state index in [9.17, 15) is 4.79 Å². The van der Waals surface area contributed by atoms with Crippen LogP contribution in [0.25, 0.3) is 0 Å². The monoisotopic (exact) mass is 276 g/mol. The summed E-state index contributed by atoms with van der Waals surface area (Å²) in [4.78, 5) is 13.7. The Morgan fingerprint density at radius 1 is 1.26 bits per heavy atom. The molecule has 0 saturated heterocycles. The lowest BCUT2D eigenvalue weighted by molar-refractivity contribution is 0.0762. The summed E-state index contributed by atoms with van der Waals surface area (Å²) < 4.78 is 0. The van der Waals surface area contributed by atoms with Gasteiger partial charge in [0.1, 0.15) is 0 Å². The molecule has 19 heavy (non-hydrogen) atoms. The van der Waals surface area contributed by atoms with E-state index < -0.39 is 0 Å². The van der Waals surface area contributed by atoms with Crippen molar-refractivity contribution in [3.63, 3.8) is 0 Å². The van der Waals surface area contributed by atoms with E-state index in [4.69, 9.17) is 27.9 Å². The van der Waals surface area contributed by atoms with Crippen LogP contribution in [0.3, 0.4) is 0 Å². The summed E-state index contributed by atoms with van der Waals surface area (Å²) in [6.45, 7) is 0.532. The van der Waals surface area contributed by atoms with E-state index in [0.29, 0.717) is 10.7 Å². The van der Waals surface area contributed by atoms with E-state index in [1.807, 2.05) is 12.1 Å². The van der Waals surface area contributed by atoms with Crippen molar-refractivity contribution in [1.82, 2.24) is 4.90 Å². The third kappa shape index (κ3) is 4.17. The zero-order chi connectivity index (χ0) is 14.3.